The lowest BCUT2D eigenvalue weighted by molar-refractivity contribution is 0.973. The largest absolute Gasteiger partial charge is 0.308 e. The number of hydrazine groups is 1. The number of nitrogens with one attached hydrogen (secondary N) is 1. The maximum atomic E-state index is 5.53. The summed E-state index contributed by atoms with van der Waals surface area (Å²) < 4.78 is 0. The van der Waals surface area contributed by atoms with Gasteiger partial charge in [0.15, 0.2) is 5.82 Å². The quantitative estimate of drug-likeness (QED) is 0.654. The zero-order chi connectivity index (χ0) is 14.0. The fourth-order valence-corrected chi connectivity index (χ4v) is 2.06. The van der Waals surface area contributed by atoms with Crippen molar-refractivity contribution in [3.05, 3.63) is 40.6 Å². The minimum atomic E-state index is 0.695. The maximum absolute atomic E-state index is 5.53. The number of nitrogens with zero attached hydrogens (tertiary/aromatic N) is 2. The number of hydrogen-bond acceptors (Lipinski definition) is 4. The molecule has 1 aromatic carbocycles. The maximum Gasteiger partial charge on any atom is 0.161 e. The summed E-state index contributed by atoms with van der Waals surface area (Å²) in [5.74, 6) is 6.95. The summed E-state index contributed by atoms with van der Waals surface area (Å²) in [6, 6.07) is 6.25. The van der Waals surface area contributed by atoms with Crippen molar-refractivity contribution in [3.63, 3.8) is 0 Å². The Bertz CT molecular complexity index is 580. The molecule has 0 unspecified atom stereocenters. The molecule has 0 fully saturated rings. The van der Waals surface area contributed by atoms with Gasteiger partial charge in [-0.3, -0.25) is 0 Å². The molecule has 1 heterocycles. The highest BCUT2D eigenvalue weighted by Gasteiger charge is 2.10. The van der Waals surface area contributed by atoms with Crippen molar-refractivity contribution in [1.82, 2.24) is 9.97 Å². The standard InChI is InChI=1S/C15H20N4/c1-5-13-11(4)14(19-16)18-15(17-13)12-7-6-9(2)10(3)8-12/h6-8H,5,16H2,1-4H3,(H,17,18,19). The van der Waals surface area contributed by atoms with Gasteiger partial charge >= 0.3 is 0 Å². The Balaban J connectivity index is 2.58. The lowest BCUT2D eigenvalue weighted by Crippen LogP contribution is -2.13. The van der Waals surface area contributed by atoms with E-state index in [4.69, 9.17) is 5.84 Å². The molecular weight excluding hydrogens is 236 g/mol. The second kappa shape index (κ2) is 5.36. The van der Waals surface area contributed by atoms with Crippen LogP contribution in [-0.2, 0) is 6.42 Å². The van der Waals surface area contributed by atoms with Crippen LogP contribution in [0, 0.1) is 20.8 Å². The van der Waals surface area contributed by atoms with Crippen LogP contribution < -0.4 is 11.3 Å². The van der Waals surface area contributed by atoms with Crippen LogP contribution in [0.3, 0.4) is 0 Å². The number of anilines is 1. The number of benzene rings is 1. The number of aryl methyl sites for hydroxylation is 3. The van der Waals surface area contributed by atoms with Crippen molar-refractivity contribution >= 4 is 5.82 Å². The third-order valence-electron chi connectivity index (χ3n) is 3.48. The Morgan fingerprint density at radius 3 is 2.42 bits per heavy atom. The molecule has 0 aliphatic carbocycles. The molecule has 0 spiro atoms. The topological polar surface area (TPSA) is 63.8 Å². The monoisotopic (exact) mass is 256 g/mol. The average Bonchev–Trinajstić information content (AvgIpc) is 2.42. The number of nitrogen functional groups attached to an aromatic ring is 1. The Morgan fingerprint density at radius 2 is 1.84 bits per heavy atom. The molecule has 2 rings (SSSR count). The smallest absolute Gasteiger partial charge is 0.161 e. The number of rotatable bonds is 3. The van der Waals surface area contributed by atoms with Crippen LogP contribution >= 0.6 is 0 Å². The van der Waals surface area contributed by atoms with Crippen molar-refractivity contribution in [2.45, 2.75) is 34.1 Å². The van der Waals surface area contributed by atoms with Crippen molar-refractivity contribution in [2.75, 3.05) is 5.43 Å². The van der Waals surface area contributed by atoms with Crippen LogP contribution in [0.4, 0.5) is 5.82 Å². The van der Waals surface area contributed by atoms with E-state index in [0.29, 0.717) is 5.82 Å². The van der Waals surface area contributed by atoms with Crippen LogP contribution in [-0.4, -0.2) is 9.97 Å². The molecule has 0 bridgehead atoms. The fourth-order valence-electron chi connectivity index (χ4n) is 2.06. The number of nitrogens with two attached hydrogens (primary N) is 1. The first-order valence-electron chi connectivity index (χ1n) is 6.48. The van der Waals surface area contributed by atoms with Crippen LogP contribution in [0.5, 0.6) is 0 Å². The predicted octanol–water partition coefficient (Wildman–Crippen LogP) is 2.92. The van der Waals surface area contributed by atoms with E-state index in [1.54, 1.807) is 0 Å². The average molecular weight is 256 g/mol. The van der Waals surface area contributed by atoms with Crippen molar-refractivity contribution in [3.8, 4) is 11.4 Å². The van der Waals surface area contributed by atoms with E-state index >= 15 is 0 Å². The molecule has 3 N–H and O–H groups in total. The molecular formula is C15H20N4. The van der Waals surface area contributed by atoms with Gasteiger partial charge in [0.1, 0.15) is 5.82 Å². The first-order valence-corrected chi connectivity index (χ1v) is 6.48. The Hall–Kier alpha value is -1.94. The Labute approximate surface area is 114 Å². The fraction of sp³-hybridized carbons (Fsp3) is 0.333. The highest BCUT2D eigenvalue weighted by atomic mass is 15.3. The predicted molar refractivity (Wildman–Crippen MR) is 78.9 cm³/mol. The van der Waals surface area contributed by atoms with E-state index < -0.39 is 0 Å². The third kappa shape index (κ3) is 2.58. The van der Waals surface area contributed by atoms with Gasteiger partial charge in [-0.15, -0.1) is 0 Å². The third-order valence-corrected chi connectivity index (χ3v) is 3.48. The summed E-state index contributed by atoms with van der Waals surface area (Å²) in [6.45, 7) is 8.26. The summed E-state index contributed by atoms with van der Waals surface area (Å²) >= 11 is 0. The van der Waals surface area contributed by atoms with Gasteiger partial charge in [-0.25, -0.2) is 15.8 Å². The first kappa shape index (κ1) is 13.5. The number of aromatic nitrogens is 2. The minimum absolute atomic E-state index is 0.695. The van der Waals surface area contributed by atoms with E-state index in [2.05, 4.69) is 48.3 Å². The molecule has 2 aromatic rings. The molecule has 4 nitrogen and oxygen atoms in total. The SMILES string of the molecule is CCc1nc(-c2ccc(C)c(C)c2)nc(NN)c1C. The zero-order valence-electron chi connectivity index (χ0n) is 11.9. The molecule has 100 valence electrons. The van der Waals surface area contributed by atoms with Gasteiger partial charge < -0.3 is 5.43 Å². The van der Waals surface area contributed by atoms with Crippen molar-refractivity contribution in [1.29, 1.82) is 0 Å². The summed E-state index contributed by atoms with van der Waals surface area (Å²) in [6.07, 6.45) is 0.862. The van der Waals surface area contributed by atoms with Crippen LogP contribution in [0.15, 0.2) is 18.2 Å². The molecule has 0 aliphatic heterocycles. The summed E-state index contributed by atoms with van der Waals surface area (Å²) in [7, 11) is 0. The molecule has 0 atom stereocenters. The zero-order valence-corrected chi connectivity index (χ0v) is 11.9. The first-order chi connectivity index (χ1) is 9.06. The lowest BCUT2D eigenvalue weighted by atomic mass is 10.1. The molecule has 0 amide bonds. The second-order valence-corrected chi connectivity index (χ2v) is 4.76. The minimum Gasteiger partial charge on any atom is -0.308 e. The van der Waals surface area contributed by atoms with Crippen molar-refractivity contribution < 1.29 is 0 Å². The number of hydrogen-bond donors (Lipinski definition) is 2. The lowest BCUT2D eigenvalue weighted by Gasteiger charge is -2.11. The Kier molecular flexibility index (Phi) is 3.81. The van der Waals surface area contributed by atoms with Gasteiger partial charge in [-0.05, 0) is 44.4 Å². The summed E-state index contributed by atoms with van der Waals surface area (Å²) in [5.41, 5.74) is 8.22. The van der Waals surface area contributed by atoms with Gasteiger partial charge in [0.25, 0.3) is 0 Å². The van der Waals surface area contributed by atoms with Gasteiger partial charge in [0.2, 0.25) is 0 Å². The van der Waals surface area contributed by atoms with Gasteiger partial charge in [0, 0.05) is 16.8 Å². The van der Waals surface area contributed by atoms with Crippen LogP contribution in [0.1, 0.15) is 29.3 Å². The molecule has 0 saturated heterocycles. The molecule has 19 heavy (non-hydrogen) atoms. The van der Waals surface area contributed by atoms with E-state index in [1.807, 2.05) is 13.0 Å². The Morgan fingerprint density at radius 1 is 1.11 bits per heavy atom. The van der Waals surface area contributed by atoms with Crippen molar-refractivity contribution in [2.24, 2.45) is 5.84 Å². The normalized spacial score (nSPS) is 10.6. The van der Waals surface area contributed by atoms with Crippen LogP contribution in [0.25, 0.3) is 11.4 Å². The van der Waals surface area contributed by atoms with E-state index in [1.165, 1.54) is 11.1 Å². The molecule has 0 radical (unpaired) electrons. The van der Waals surface area contributed by atoms with Gasteiger partial charge in [0.05, 0.1) is 0 Å². The molecule has 0 saturated carbocycles. The highest BCUT2D eigenvalue weighted by molar-refractivity contribution is 5.61. The van der Waals surface area contributed by atoms with Crippen LogP contribution in [0.2, 0.25) is 0 Å². The second-order valence-electron chi connectivity index (χ2n) is 4.76. The molecule has 4 heteroatoms. The van der Waals surface area contributed by atoms with Gasteiger partial charge in [-0.1, -0.05) is 19.1 Å². The summed E-state index contributed by atoms with van der Waals surface area (Å²) in [4.78, 5) is 9.13. The van der Waals surface area contributed by atoms with E-state index in [-0.39, 0.29) is 0 Å². The summed E-state index contributed by atoms with van der Waals surface area (Å²) in [5, 5.41) is 0. The highest BCUT2D eigenvalue weighted by Crippen LogP contribution is 2.23. The molecule has 0 aliphatic rings. The van der Waals surface area contributed by atoms with Gasteiger partial charge in [-0.2, -0.15) is 0 Å². The van der Waals surface area contributed by atoms with E-state index in [0.717, 1.165) is 29.1 Å². The van der Waals surface area contributed by atoms with E-state index in [9.17, 15) is 0 Å². The molecule has 1 aromatic heterocycles.